The first-order valence-corrected chi connectivity index (χ1v) is 8.63. The Hall–Kier alpha value is 0.120. The molecule has 1 heterocycles. The fraction of sp³-hybridized carbons (Fsp3) is 1.00. The molecule has 7 heteroatoms. The summed E-state index contributed by atoms with van der Waals surface area (Å²) < 4.78 is 31.5. The summed E-state index contributed by atoms with van der Waals surface area (Å²) in [7, 11) is -3.18. The summed E-state index contributed by atoms with van der Waals surface area (Å²) in [5.74, 6) is 0.649. The number of ether oxygens (including phenoxy) is 1. The molecule has 1 unspecified atom stereocenters. The van der Waals surface area contributed by atoms with E-state index in [1.165, 1.54) is 0 Å². The van der Waals surface area contributed by atoms with E-state index in [9.17, 15) is 8.42 Å². The lowest BCUT2D eigenvalue weighted by Crippen LogP contribution is -2.47. The van der Waals surface area contributed by atoms with Crippen molar-refractivity contribution in [3.63, 3.8) is 0 Å². The van der Waals surface area contributed by atoms with Gasteiger partial charge < -0.3 is 4.74 Å². The van der Waals surface area contributed by atoms with Gasteiger partial charge in [-0.3, -0.25) is 4.90 Å². The molecule has 0 aromatic carbocycles. The van der Waals surface area contributed by atoms with E-state index in [0.29, 0.717) is 25.5 Å². The zero-order chi connectivity index (χ0) is 13.4. The topological polar surface area (TPSA) is 58.6 Å². The average Bonchev–Trinajstić information content (AvgIpc) is 2.37. The molecule has 1 N–H and O–H groups in total. The molecule has 0 saturated carbocycles. The third-order valence-corrected chi connectivity index (χ3v) is 4.70. The monoisotopic (exact) mass is 298 g/mol. The first kappa shape index (κ1) is 16.2. The number of nitrogens with one attached hydrogen (secondary N) is 1. The van der Waals surface area contributed by atoms with E-state index in [1.807, 2.05) is 0 Å². The molecular weight excluding hydrogens is 276 g/mol. The van der Waals surface area contributed by atoms with Crippen LogP contribution in [0.3, 0.4) is 0 Å². The number of sulfonamides is 1. The summed E-state index contributed by atoms with van der Waals surface area (Å²) in [6, 6.07) is 0. The maximum atomic E-state index is 11.7. The van der Waals surface area contributed by atoms with Gasteiger partial charge in [-0.1, -0.05) is 6.92 Å². The van der Waals surface area contributed by atoms with Gasteiger partial charge in [0, 0.05) is 25.5 Å². The van der Waals surface area contributed by atoms with Crippen molar-refractivity contribution in [2.24, 2.45) is 0 Å². The Morgan fingerprint density at radius 2 is 2.22 bits per heavy atom. The van der Waals surface area contributed by atoms with E-state index < -0.39 is 10.0 Å². The molecule has 1 atom stereocenters. The van der Waals surface area contributed by atoms with E-state index in [2.05, 4.69) is 16.5 Å². The van der Waals surface area contributed by atoms with Gasteiger partial charge in [-0.15, -0.1) is 11.6 Å². The van der Waals surface area contributed by atoms with Crippen molar-refractivity contribution in [3.8, 4) is 0 Å². The molecule has 0 aromatic rings. The van der Waals surface area contributed by atoms with Gasteiger partial charge in [0.1, 0.15) is 0 Å². The largest absolute Gasteiger partial charge is 0.374 e. The van der Waals surface area contributed by atoms with Gasteiger partial charge in [0.2, 0.25) is 10.0 Å². The predicted molar refractivity (Wildman–Crippen MR) is 73.6 cm³/mol. The second-order valence-corrected chi connectivity index (χ2v) is 6.75. The Bertz CT molecular complexity index is 324. The average molecular weight is 299 g/mol. The molecule has 1 fully saturated rings. The maximum Gasteiger partial charge on any atom is 0.211 e. The Morgan fingerprint density at radius 1 is 1.44 bits per heavy atom. The number of halogens is 1. The summed E-state index contributed by atoms with van der Waals surface area (Å²) in [6.07, 6.45) is 1.29. The number of rotatable bonds is 8. The highest BCUT2D eigenvalue weighted by Gasteiger charge is 2.21. The molecule has 0 aliphatic carbocycles. The molecule has 1 aliphatic heterocycles. The third kappa shape index (κ3) is 6.33. The molecule has 0 bridgehead atoms. The summed E-state index contributed by atoms with van der Waals surface area (Å²) in [6.45, 7) is 5.82. The van der Waals surface area contributed by atoms with Crippen LogP contribution in [0.5, 0.6) is 0 Å². The molecule has 0 radical (unpaired) electrons. The Kier molecular flexibility index (Phi) is 7.48. The lowest BCUT2D eigenvalue weighted by Gasteiger charge is -2.32. The highest BCUT2D eigenvalue weighted by molar-refractivity contribution is 7.89. The van der Waals surface area contributed by atoms with E-state index in [-0.39, 0.29) is 11.9 Å². The van der Waals surface area contributed by atoms with Crippen LogP contribution >= 0.6 is 11.6 Å². The van der Waals surface area contributed by atoms with E-state index in [0.717, 1.165) is 26.1 Å². The quantitative estimate of drug-likeness (QED) is 0.528. The van der Waals surface area contributed by atoms with Crippen LogP contribution in [0.15, 0.2) is 0 Å². The first-order valence-electron chi connectivity index (χ1n) is 6.44. The number of morpholine rings is 1. The van der Waals surface area contributed by atoms with Gasteiger partial charge in [0.15, 0.2) is 0 Å². The smallest absolute Gasteiger partial charge is 0.211 e. The van der Waals surface area contributed by atoms with Crippen LogP contribution < -0.4 is 4.72 Å². The van der Waals surface area contributed by atoms with Crippen LogP contribution in [-0.4, -0.2) is 63.8 Å². The molecule has 1 rings (SSSR count). The number of hydrogen-bond donors (Lipinski definition) is 1. The van der Waals surface area contributed by atoms with Crippen LogP contribution in [0.4, 0.5) is 0 Å². The van der Waals surface area contributed by atoms with Crippen molar-refractivity contribution in [2.75, 3.05) is 44.4 Å². The van der Waals surface area contributed by atoms with Gasteiger partial charge in [-0.2, -0.15) is 0 Å². The minimum Gasteiger partial charge on any atom is -0.374 e. The Labute approximate surface area is 115 Å². The predicted octanol–water partition coefficient (Wildman–Crippen LogP) is 0.646. The van der Waals surface area contributed by atoms with Crippen molar-refractivity contribution < 1.29 is 13.2 Å². The first-order chi connectivity index (χ1) is 8.57. The van der Waals surface area contributed by atoms with Crippen molar-refractivity contribution >= 4 is 21.6 Å². The van der Waals surface area contributed by atoms with Crippen molar-refractivity contribution in [3.05, 3.63) is 0 Å². The lowest BCUT2D eigenvalue weighted by atomic mass is 10.3. The van der Waals surface area contributed by atoms with Crippen LogP contribution in [0.1, 0.15) is 19.8 Å². The number of alkyl halides is 1. The van der Waals surface area contributed by atoms with Crippen LogP contribution in [0, 0.1) is 0 Å². The van der Waals surface area contributed by atoms with Crippen LogP contribution in [0.2, 0.25) is 0 Å². The van der Waals surface area contributed by atoms with Gasteiger partial charge >= 0.3 is 0 Å². The van der Waals surface area contributed by atoms with Crippen LogP contribution in [0.25, 0.3) is 0 Å². The molecule has 0 aromatic heterocycles. The molecule has 5 nitrogen and oxygen atoms in total. The SMILES string of the molecule is CCN1CCOC(CNS(=O)(=O)CCCCCl)C1. The Morgan fingerprint density at radius 3 is 2.89 bits per heavy atom. The van der Waals surface area contributed by atoms with Gasteiger partial charge in [0.25, 0.3) is 0 Å². The summed E-state index contributed by atoms with van der Waals surface area (Å²) in [5.41, 5.74) is 0. The summed E-state index contributed by atoms with van der Waals surface area (Å²) in [5, 5.41) is 0. The second kappa shape index (κ2) is 8.32. The lowest BCUT2D eigenvalue weighted by molar-refractivity contribution is -0.0229. The normalized spacial score (nSPS) is 22.2. The standard InChI is InChI=1S/C11H23ClN2O3S/c1-2-14-6-7-17-11(10-14)9-13-18(15,16)8-4-3-5-12/h11,13H,2-10H2,1H3. The zero-order valence-electron chi connectivity index (χ0n) is 10.9. The van der Waals surface area contributed by atoms with E-state index in [4.69, 9.17) is 16.3 Å². The number of nitrogens with zero attached hydrogens (tertiary/aromatic N) is 1. The second-order valence-electron chi connectivity index (χ2n) is 4.45. The Balaban J connectivity index is 2.26. The van der Waals surface area contributed by atoms with Crippen molar-refractivity contribution in [2.45, 2.75) is 25.9 Å². The number of unbranched alkanes of at least 4 members (excludes halogenated alkanes) is 1. The molecule has 1 saturated heterocycles. The summed E-state index contributed by atoms with van der Waals surface area (Å²) >= 11 is 5.52. The van der Waals surface area contributed by atoms with Crippen molar-refractivity contribution in [1.29, 1.82) is 0 Å². The molecular formula is C11H23ClN2O3S. The van der Waals surface area contributed by atoms with Gasteiger partial charge in [-0.25, -0.2) is 13.1 Å². The molecule has 1 aliphatic rings. The molecule has 108 valence electrons. The fourth-order valence-corrected chi connectivity index (χ4v) is 3.23. The van der Waals surface area contributed by atoms with Gasteiger partial charge in [-0.05, 0) is 19.4 Å². The minimum atomic E-state index is -3.18. The molecule has 0 spiro atoms. The zero-order valence-corrected chi connectivity index (χ0v) is 12.5. The third-order valence-electron chi connectivity index (χ3n) is 3.00. The highest BCUT2D eigenvalue weighted by atomic mass is 35.5. The van der Waals surface area contributed by atoms with E-state index >= 15 is 0 Å². The molecule has 0 amide bonds. The van der Waals surface area contributed by atoms with Crippen molar-refractivity contribution in [1.82, 2.24) is 9.62 Å². The van der Waals surface area contributed by atoms with Crippen LogP contribution in [-0.2, 0) is 14.8 Å². The maximum absolute atomic E-state index is 11.7. The van der Waals surface area contributed by atoms with E-state index in [1.54, 1.807) is 0 Å². The van der Waals surface area contributed by atoms with Gasteiger partial charge in [0.05, 0.1) is 18.5 Å². The number of hydrogen-bond acceptors (Lipinski definition) is 4. The summed E-state index contributed by atoms with van der Waals surface area (Å²) in [4.78, 5) is 2.26. The highest BCUT2D eigenvalue weighted by Crippen LogP contribution is 2.04. The fourth-order valence-electron chi connectivity index (χ4n) is 1.87. The number of likely N-dealkylation sites (N-methyl/N-ethyl adjacent to an activating group) is 1. The minimum absolute atomic E-state index is 0.0403. The molecule has 18 heavy (non-hydrogen) atoms.